The number of oxime groups is 1. The quantitative estimate of drug-likeness (QED) is 0.570. The summed E-state index contributed by atoms with van der Waals surface area (Å²) in [5.41, 5.74) is 4.94. The lowest BCUT2D eigenvalue weighted by atomic mass is 10.1. The number of anilines is 1. The van der Waals surface area contributed by atoms with Crippen LogP contribution in [0.4, 0.5) is 5.82 Å². The zero-order chi connectivity index (χ0) is 18.1. The highest BCUT2D eigenvalue weighted by Gasteiger charge is 2.25. The van der Waals surface area contributed by atoms with Crippen molar-refractivity contribution >= 4 is 17.4 Å². The predicted octanol–water partition coefficient (Wildman–Crippen LogP) is 3.76. The van der Waals surface area contributed by atoms with Crippen LogP contribution < -0.4 is 5.32 Å². The molecule has 1 N–H and O–H groups in total. The fraction of sp³-hybridized carbons (Fsp3) is 0.150. The van der Waals surface area contributed by atoms with Crippen molar-refractivity contribution in [3.05, 3.63) is 71.5 Å². The Kier molecular flexibility index (Phi) is 4.01. The second kappa shape index (κ2) is 6.48. The van der Waals surface area contributed by atoms with E-state index in [1.807, 2.05) is 36.4 Å². The van der Waals surface area contributed by atoms with E-state index in [0.717, 1.165) is 28.0 Å². The first-order valence-corrected chi connectivity index (χ1v) is 8.30. The number of carbonyl (C=O) groups is 1. The SMILES string of the molecule is Cc1cc(NC(=O)[C@H](C)ON=C2c3ccccc3-c3ccccc32)no1. The van der Waals surface area contributed by atoms with Gasteiger partial charge in [-0.1, -0.05) is 58.8 Å². The standard InChI is InChI=1S/C20H17N3O3/c1-12-11-18(22-25-12)21-20(24)13(2)26-23-19-16-9-5-3-7-14(16)15-8-4-6-10-17(15)19/h3-11,13H,1-2H3,(H,21,22,24)/t13-/m0/s1. The van der Waals surface area contributed by atoms with Gasteiger partial charge in [-0.25, -0.2) is 0 Å². The van der Waals surface area contributed by atoms with Crippen molar-refractivity contribution in [3.8, 4) is 11.1 Å². The van der Waals surface area contributed by atoms with Crippen LogP contribution in [0.5, 0.6) is 0 Å². The van der Waals surface area contributed by atoms with Gasteiger partial charge in [-0.2, -0.15) is 0 Å². The van der Waals surface area contributed by atoms with Crippen molar-refractivity contribution in [1.29, 1.82) is 0 Å². The Bertz CT molecular complexity index is 959. The first kappa shape index (κ1) is 16.1. The number of carbonyl (C=O) groups excluding carboxylic acids is 1. The van der Waals surface area contributed by atoms with Crippen LogP contribution in [0.2, 0.25) is 0 Å². The van der Waals surface area contributed by atoms with E-state index in [0.29, 0.717) is 11.6 Å². The molecule has 0 saturated heterocycles. The Labute approximate surface area is 150 Å². The Morgan fingerprint density at radius 2 is 1.65 bits per heavy atom. The molecule has 1 heterocycles. The largest absolute Gasteiger partial charge is 0.382 e. The van der Waals surface area contributed by atoms with Gasteiger partial charge < -0.3 is 14.7 Å². The number of aromatic nitrogens is 1. The van der Waals surface area contributed by atoms with Gasteiger partial charge in [0.05, 0.1) is 0 Å². The molecule has 0 aliphatic heterocycles. The Morgan fingerprint density at radius 1 is 1.08 bits per heavy atom. The van der Waals surface area contributed by atoms with E-state index < -0.39 is 6.10 Å². The van der Waals surface area contributed by atoms with Crippen LogP contribution in [0.15, 0.2) is 64.3 Å². The molecule has 1 atom stereocenters. The van der Waals surface area contributed by atoms with Crippen LogP contribution in [0.25, 0.3) is 11.1 Å². The second-order valence-corrected chi connectivity index (χ2v) is 6.09. The second-order valence-electron chi connectivity index (χ2n) is 6.09. The maximum absolute atomic E-state index is 12.2. The molecule has 6 nitrogen and oxygen atoms in total. The summed E-state index contributed by atoms with van der Waals surface area (Å²) in [6, 6.07) is 17.7. The van der Waals surface area contributed by atoms with Gasteiger partial charge in [0, 0.05) is 17.2 Å². The maximum Gasteiger partial charge on any atom is 0.269 e. The molecule has 1 amide bonds. The number of amides is 1. The summed E-state index contributed by atoms with van der Waals surface area (Å²) in [7, 11) is 0. The monoisotopic (exact) mass is 347 g/mol. The minimum atomic E-state index is -0.778. The summed E-state index contributed by atoms with van der Waals surface area (Å²) in [5.74, 6) is 0.627. The van der Waals surface area contributed by atoms with Gasteiger partial charge in [0.25, 0.3) is 5.91 Å². The Hall–Kier alpha value is -3.41. The van der Waals surface area contributed by atoms with E-state index >= 15 is 0 Å². The molecular weight excluding hydrogens is 330 g/mol. The maximum atomic E-state index is 12.2. The van der Waals surface area contributed by atoms with Gasteiger partial charge in [0.1, 0.15) is 11.5 Å². The number of aryl methyl sites for hydroxylation is 1. The number of benzene rings is 2. The Morgan fingerprint density at radius 3 is 2.19 bits per heavy atom. The molecule has 6 heteroatoms. The third-order valence-corrected chi connectivity index (χ3v) is 4.21. The van der Waals surface area contributed by atoms with E-state index in [9.17, 15) is 4.79 Å². The summed E-state index contributed by atoms with van der Waals surface area (Å²) < 4.78 is 4.93. The lowest BCUT2D eigenvalue weighted by Gasteiger charge is -2.10. The number of nitrogens with one attached hydrogen (secondary N) is 1. The summed E-state index contributed by atoms with van der Waals surface area (Å²) in [5, 5.41) is 10.7. The number of nitrogens with zero attached hydrogens (tertiary/aromatic N) is 2. The molecule has 1 aliphatic rings. The number of rotatable bonds is 4. The van der Waals surface area contributed by atoms with Gasteiger partial charge in [0.2, 0.25) is 6.10 Å². The zero-order valence-electron chi connectivity index (χ0n) is 14.4. The predicted molar refractivity (Wildman–Crippen MR) is 97.9 cm³/mol. The van der Waals surface area contributed by atoms with Gasteiger partial charge in [-0.3, -0.25) is 4.79 Å². The summed E-state index contributed by atoms with van der Waals surface area (Å²) >= 11 is 0. The van der Waals surface area contributed by atoms with Crippen molar-refractivity contribution in [2.45, 2.75) is 20.0 Å². The average molecular weight is 347 g/mol. The van der Waals surface area contributed by atoms with Gasteiger partial charge in [-0.05, 0) is 25.0 Å². The first-order chi connectivity index (χ1) is 12.6. The number of hydrogen-bond donors (Lipinski definition) is 1. The molecule has 0 fully saturated rings. The van der Waals surface area contributed by atoms with Crippen molar-refractivity contribution in [3.63, 3.8) is 0 Å². The fourth-order valence-electron chi connectivity index (χ4n) is 2.93. The van der Waals surface area contributed by atoms with E-state index in [2.05, 4.69) is 27.8 Å². The molecule has 0 saturated carbocycles. The van der Waals surface area contributed by atoms with Crippen LogP contribution in [0.3, 0.4) is 0 Å². The van der Waals surface area contributed by atoms with Gasteiger partial charge in [0.15, 0.2) is 5.82 Å². The smallest absolute Gasteiger partial charge is 0.269 e. The highest BCUT2D eigenvalue weighted by atomic mass is 16.6. The molecule has 0 spiro atoms. The van der Waals surface area contributed by atoms with Gasteiger partial charge in [-0.15, -0.1) is 0 Å². The highest BCUT2D eigenvalue weighted by Crippen LogP contribution is 2.36. The van der Waals surface area contributed by atoms with E-state index in [1.54, 1.807) is 19.9 Å². The lowest BCUT2D eigenvalue weighted by molar-refractivity contribution is -0.126. The molecule has 0 bridgehead atoms. The summed E-state index contributed by atoms with van der Waals surface area (Å²) in [4.78, 5) is 17.7. The van der Waals surface area contributed by atoms with Gasteiger partial charge >= 0.3 is 0 Å². The average Bonchev–Trinajstić information content (AvgIpc) is 3.21. The van der Waals surface area contributed by atoms with Crippen LogP contribution >= 0.6 is 0 Å². The number of hydrogen-bond acceptors (Lipinski definition) is 5. The fourth-order valence-corrected chi connectivity index (χ4v) is 2.93. The third-order valence-electron chi connectivity index (χ3n) is 4.21. The number of fused-ring (bicyclic) bond motifs is 3. The molecule has 26 heavy (non-hydrogen) atoms. The zero-order valence-corrected chi connectivity index (χ0v) is 14.4. The molecule has 0 unspecified atom stereocenters. The third kappa shape index (κ3) is 2.86. The van der Waals surface area contributed by atoms with Crippen molar-refractivity contribution in [2.75, 3.05) is 5.32 Å². The summed E-state index contributed by atoms with van der Waals surface area (Å²) in [6.45, 7) is 3.39. The minimum absolute atomic E-state index is 0.345. The van der Waals surface area contributed by atoms with Crippen molar-refractivity contribution in [2.24, 2.45) is 5.16 Å². The van der Waals surface area contributed by atoms with Crippen LogP contribution in [-0.4, -0.2) is 22.9 Å². The molecule has 0 radical (unpaired) electrons. The lowest BCUT2D eigenvalue weighted by Crippen LogP contribution is -2.26. The van der Waals surface area contributed by atoms with Crippen LogP contribution in [0, 0.1) is 6.92 Å². The molecule has 2 aromatic carbocycles. The van der Waals surface area contributed by atoms with E-state index in [-0.39, 0.29) is 5.91 Å². The molecule has 130 valence electrons. The minimum Gasteiger partial charge on any atom is -0.382 e. The molecular formula is C20H17N3O3. The van der Waals surface area contributed by atoms with Crippen molar-refractivity contribution in [1.82, 2.24) is 5.16 Å². The molecule has 1 aromatic heterocycles. The first-order valence-electron chi connectivity index (χ1n) is 8.30. The van der Waals surface area contributed by atoms with Crippen LogP contribution in [0.1, 0.15) is 23.8 Å². The molecule has 4 rings (SSSR count). The normalized spacial score (nSPS) is 12.9. The topological polar surface area (TPSA) is 76.7 Å². The molecule has 3 aromatic rings. The summed E-state index contributed by atoms with van der Waals surface area (Å²) in [6.07, 6.45) is -0.778. The molecule has 1 aliphatic carbocycles. The van der Waals surface area contributed by atoms with E-state index in [4.69, 9.17) is 9.36 Å². The highest BCUT2D eigenvalue weighted by molar-refractivity contribution is 6.24. The van der Waals surface area contributed by atoms with Crippen LogP contribution in [-0.2, 0) is 9.63 Å². The van der Waals surface area contributed by atoms with Crippen molar-refractivity contribution < 1.29 is 14.2 Å². The van der Waals surface area contributed by atoms with E-state index in [1.165, 1.54) is 0 Å². The Balaban J connectivity index is 1.56.